The second-order valence-corrected chi connectivity index (χ2v) is 6.20. The zero-order chi connectivity index (χ0) is 13.8. The van der Waals surface area contributed by atoms with E-state index in [2.05, 4.69) is 12.2 Å². The largest absolute Gasteiger partial charge is 0.396 e. The Morgan fingerprint density at radius 2 is 2.28 bits per heavy atom. The molecule has 4 nitrogen and oxygen atoms in total. The number of rotatable bonds is 5. The molecule has 0 spiro atoms. The van der Waals surface area contributed by atoms with E-state index in [4.69, 9.17) is 10.8 Å². The van der Waals surface area contributed by atoms with Crippen molar-refractivity contribution >= 4 is 5.91 Å². The highest BCUT2D eigenvalue weighted by Crippen LogP contribution is 2.31. The highest BCUT2D eigenvalue weighted by atomic mass is 16.3. The Kier molecular flexibility index (Phi) is 5.17. The molecule has 4 N–H and O–H groups in total. The standard InChI is InChI=1S/C14H28N2O2/c1-4-13(3,8-9-17)16-12(18)14(15)7-5-6-11(2)10-14/h11,17H,4-10,15H2,1-3H3,(H,16,18). The number of aliphatic hydroxyl groups is 1. The molecule has 18 heavy (non-hydrogen) atoms. The maximum Gasteiger partial charge on any atom is 0.240 e. The minimum absolute atomic E-state index is 0.0492. The van der Waals surface area contributed by atoms with Gasteiger partial charge < -0.3 is 16.2 Å². The summed E-state index contributed by atoms with van der Waals surface area (Å²) in [4.78, 5) is 12.4. The third-order valence-corrected chi connectivity index (χ3v) is 4.34. The van der Waals surface area contributed by atoms with Crippen LogP contribution in [0.1, 0.15) is 59.3 Å². The normalized spacial score (nSPS) is 31.7. The Labute approximate surface area is 110 Å². The Bertz CT molecular complexity index is 296. The maximum atomic E-state index is 12.4. The summed E-state index contributed by atoms with van der Waals surface area (Å²) in [5.74, 6) is 0.465. The Balaban J connectivity index is 2.68. The van der Waals surface area contributed by atoms with E-state index in [1.807, 2.05) is 13.8 Å². The van der Waals surface area contributed by atoms with Crippen molar-refractivity contribution in [2.75, 3.05) is 6.61 Å². The van der Waals surface area contributed by atoms with E-state index >= 15 is 0 Å². The minimum atomic E-state index is -0.719. The van der Waals surface area contributed by atoms with E-state index in [0.717, 1.165) is 32.1 Å². The van der Waals surface area contributed by atoms with Crippen LogP contribution in [0.5, 0.6) is 0 Å². The molecule has 1 aliphatic carbocycles. The second-order valence-electron chi connectivity index (χ2n) is 6.20. The summed E-state index contributed by atoms with van der Waals surface area (Å²) in [5.41, 5.74) is 5.21. The van der Waals surface area contributed by atoms with E-state index in [1.165, 1.54) is 0 Å². The van der Waals surface area contributed by atoms with Crippen molar-refractivity contribution in [2.24, 2.45) is 11.7 Å². The summed E-state index contributed by atoms with van der Waals surface area (Å²) < 4.78 is 0. The lowest BCUT2D eigenvalue weighted by atomic mass is 9.76. The van der Waals surface area contributed by atoms with Crippen LogP contribution in [0.25, 0.3) is 0 Å². The SMILES string of the molecule is CCC(C)(CCO)NC(=O)C1(N)CCCC(C)C1. The molecule has 0 heterocycles. The van der Waals surface area contributed by atoms with Gasteiger partial charge in [-0.1, -0.05) is 26.7 Å². The first-order valence-electron chi connectivity index (χ1n) is 7.07. The van der Waals surface area contributed by atoms with Gasteiger partial charge in [0.2, 0.25) is 5.91 Å². The van der Waals surface area contributed by atoms with E-state index in [1.54, 1.807) is 0 Å². The molecular weight excluding hydrogens is 228 g/mol. The first-order valence-corrected chi connectivity index (χ1v) is 7.07. The first kappa shape index (κ1) is 15.4. The average molecular weight is 256 g/mol. The van der Waals surface area contributed by atoms with Gasteiger partial charge in [-0.2, -0.15) is 0 Å². The number of amides is 1. The zero-order valence-corrected chi connectivity index (χ0v) is 12.0. The number of nitrogens with one attached hydrogen (secondary N) is 1. The van der Waals surface area contributed by atoms with Gasteiger partial charge in [-0.3, -0.25) is 4.79 Å². The van der Waals surface area contributed by atoms with Crippen LogP contribution in [0.3, 0.4) is 0 Å². The van der Waals surface area contributed by atoms with E-state index < -0.39 is 5.54 Å². The molecule has 0 aromatic rings. The fourth-order valence-corrected chi connectivity index (χ4v) is 2.77. The summed E-state index contributed by atoms with van der Waals surface area (Å²) in [6.07, 6.45) is 5.08. The molecular formula is C14H28N2O2. The van der Waals surface area contributed by atoms with Crippen molar-refractivity contribution in [2.45, 2.75) is 70.4 Å². The van der Waals surface area contributed by atoms with Crippen LogP contribution in [0.4, 0.5) is 0 Å². The van der Waals surface area contributed by atoms with Crippen molar-refractivity contribution in [3.8, 4) is 0 Å². The molecule has 1 aliphatic rings. The Morgan fingerprint density at radius 1 is 1.61 bits per heavy atom. The number of nitrogens with two attached hydrogens (primary N) is 1. The molecule has 106 valence electrons. The molecule has 1 rings (SSSR count). The Morgan fingerprint density at radius 3 is 2.78 bits per heavy atom. The van der Waals surface area contributed by atoms with E-state index in [0.29, 0.717) is 12.3 Å². The van der Waals surface area contributed by atoms with Crippen molar-refractivity contribution in [3.05, 3.63) is 0 Å². The van der Waals surface area contributed by atoms with Gasteiger partial charge >= 0.3 is 0 Å². The summed E-state index contributed by atoms with van der Waals surface area (Å²) >= 11 is 0. The monoisotopic (exact) mass is 256 g/mol. The molecule has 1 amide bonds. The first-order chi connectivity index (χ1) is 8.35. The molecule has 1 fully saturated rings. The van der Waals surface area contributed by atoms with Gasteiger partial charge in [0.25, 0.3) is 0 Å². The molecule has 0 radical (unpaired) electrons. The molecule has 0 aliphatic heterocycles. The predicted octanol–water partition coefficient (Wildman–Crippen LogP) is 1.56. The summed E-state index contributed by atoms with van der Waals surface area (Å²) in [6, 6.07) is 0. The quantitative estimate of drug-likeness (QED) is 0.699. The van der Waals surface area contributed by atoms with Crippen LogP contribution in [0.2, 0.25) is 0 Å². The molecule has 4 heteroatoms. The van der Waals surface area contributed by atoms with Gasteiger partial charge in [-0.05, 0) is 38.5 Å². The second kappa shape index (κ2) is 6.02. The maximum absolute atomic E-state index is 12.4. The van der Waals surface area contributed by atoms with Crippen molar-refractivity contribution in [1.82, 2.24) is 5.32 Å². The third kappa shape index (κ3) is 3.69. The van der Waals surface area contributed by atoms with Crippen LogP contribution in [-0.4, -0.2) is 28.7 Å². The molecule has 0 saturated heterocycles. The molecule has 1 saturated carbocycles. The van der Waals surface area contributed by atoms with Crippen LogP contribution in [0, 0.1) is 5.92 Å². The molecule has 3 unspecified atom stereocenters. The predicted molar refractivity (Wildman–Crippen MR) is 73.1 cm³/mol. The summed E-state index contributed by atoms with van der Waals surface area (Å²) in [7, 11) is 0. The number of carbonyl (C=O) groups is 1. The lowest BCUT2D eigenvalue weighted by Crippen LogP contribution is -2.61. The summed E-state index contributed by atoms with van der Waals surface area (Å²) in [5, 5.41) is 12.1. The highest BCUT2D eigenvalue weighted by molar-refractivity contribution is 5.86. The van der Waals surface area contributed by atoms with Gasteiger partial charge in [-0.15, -0.1) is 0 Å². The number of hydrogen-bond acceptors (Lipinski definition) is 3. The number of aliphatic hydroxyl groups excluding tert-OH is 1. The van der Waals surface area contributed by atoms with Crippen molar-refractivity contribution in [3.63, 3.8) is 0 Å². The van der Waals surface area contributed by atoms with Gasteiger partial charge in [0.05, 0.1) is 5.54 Å². The highest BCUT2D eigenvalue weighted by Gasteiger charge is 2.40. The van der Waals surface area contributed by atoms with E-state index in [-0.39, 0.29) is 18.1 Å². The van der Waals surface area contributed by atoms with Crippen LogP contribution in [-0.2, 0) is 4.79 Å². The third-order valence-electron chi connectivity index (χ3n) is 4.34. The molecule has 0 bridgehead atoms. The van der Waals surface area contributed by atoms with Gasteiger partial charge in [-0.25, -0.2) is 0 Å². The van der Waals surface area contributed by atoms with Crippen LogP contribution in [0.15, 0.2) is 0 Å². The van der Waals surface area contributed by atoms with Crippen LogP contribution >= 0.6 is 0 Å². The summed E-state index contributed by atoms with van der Waals surface area (Å²) in [6.45, 7) is 6.22. The zero-order valence-electron chi connectivity index (χ0n) is 12.0. The smallest absolute Gasteiger partial charge is 0.240 e. The molecule has 3 atom stereocenters. The average Bonchev–Trinajstić information content (AvgIpc) is 2.29. The number of hydrogen-bond donors (Lipinski definition) is 3. The lowest BCUT2D eigenvalue weighted by molar-refractivity contribution is -0.130. The topological polar surface area (TPSA) is 75.3 Å². The van der Waals surface area contributed by atoms with Crippen molar-refractivity contribution in [1.29, 1.82) is 0 Å². The fraction of sp³-hybridized carbons (Fsp3) is 0.929. The Hall–Kier alpha value is -0.610. The van der Waals surface area contributed by atoms with Gasteiger partial charge in [0.1, 0.15) is 0 Å². The van der Waals surface area contributed by atoms with E-state index in [9.17, 15) is 4.79 Å². The fourth-order valence-electron chi connectivity index (χ4n) is 2.77. The molecule has 0 aromatic heterocycles. The lowest BCUT2D eigenvalue weighted by Gasteiger charge is -2.39. The van der Waals surface area contributed by atoms with Gasteiger partial charge in [0.15, 0.2) is 0 Å². The number of carbonyl (C=O) groups excluding carboxylic acids is 1. The minimum Gasteiger partial charge on any atom is -0.396 e. The molecule has 0 aromatic carbocycles. The van der Waals surface area contributed by atoms with Gasteiger partial charge in [0, 0.05) is 12.1 Å². The van der Waals surface area contributed by atoms with Crippen LogP contribution < -0.4 is 11.1 Å². The van der Waals surface area contributed by atoms with Crippen molar-refractivity contribution < 1.29 is 9.90 Å².